The molecule has 2 rings (SSSR count). The Hall–Kier alpha value is -1.35. The van der Waals surface area contributed by atoms with Crippen LogP contribution in [0.5, 0.6) is 0 Å². The summed E-state index contributed by atoms with van der Waals surface area (Å²) >= 11 is 0. The van der Waals surface area contributed by atoms with E-state index in [1.165, 1.54) is 18.4 Å². The molecule has 0 bridgehead atoms. The van der Waals surface area contributed by atoms with Gasteiger partial charge in [-0.3, -0.25) is 4.79 Å². The van der Waals surface area contributed by atoms with E-state index in [0.717, 1.165) is 12.5 Å². The molecular weight excluding hydrogens is 226 g/mol. The van der Waals surface area contributed by atoms with Crippen molar-refractivity contribution in [3.8, 4) is 0 Å². The van der Waals surface area contributed by atoms with Gasteiger partial charge >= 0.3 is 5.97 Å². The summed E-state index contributed by atoms with van der Waals surface area (Å²) < 4.78 is 5.13. The number of nitrogens with one attached hydrogen (secondary N) is 1. The van der Waals surface area contributed by atoms with E-state index < -0.39 is 0 Å². The van der Waals surface area contributed by atoms with Crippen LogP contribution in [0, 0.1) is 5.92 Å². The molecule has 1 fully saturated rings. The molecule has 1 unspecified atom stereocenters. The lowest BCUT2D eigenvalue weighted by molar-refractivity contribution is -0.145. The number of hydrogen-bond acceptors (Lipinski definition) is 3. The highest BCUT2D eigenvalue weighted by molar-refractivity contribution is 5.76. The standard InChI is InChI=1S/C15H21NO2/c1-2-18-15(17)14(16-11-13-8-9-13)10-12-6-4-3-5-7-12/h3-7,13-14,16H,2,8-11H2,1H3. The zero-order valence-corrected chi connectivity index (χ0v) is 10.9. The number of esters is 1. The first kappa shape index (κ1) is 13.1. The molecule has 1 aromatic rings. The second-order valence-corrected chi connectivity index (χ2v) is 4.85. The summed E-state index contributed by atoms with van der Waals surface area (Å²) in [6.07, 6.45) is 3.27. The van der Waals surface area contributed by atoms with Crippen LogP contribution in [0.2, 0.25) is 0 Å². The highest BCUT2D eigenvalue weighted by Gasteiger charge is 2.25. The minimum atomic E-state index is -0.215. The lowest BCUT2D eigenvalue weighted by Gasteiger charge is -2.17. The van der Waals surface area contributed by atoms with Gasteiger partial charge in [-0.05, 0) is 44.2 Å². The van der Waals surface area contributed by atoms with Crippen LogP contribution >= 0.6 is 0 Å². The molecule has 3 nitrogen and oxygen atoms in total. The molecule has 1 aliphatic rings. The van der Waals surface area contributed by atoms with Gasteiger partial charge in [-0.2, -0.15) is 0 Å². The van der Waals surface area contributed by atoms with Crippen LogP contribution in [0.25, 0.3) is 0 Å². The van der Waals surface area contributed by atoms with Crippen molar-refractivity contribution in [1.29, 1.82) is 0 Å². The Morgan fingerprint density at radius 3 is 2.72 bits per heavy atom. The minimum absolute atomic E-state index is 0.137. The van der Waals surface area contributed by atoms with Gasteiger partial charge in [-0.1, -0.05) is 30.3 Å². The van der Waals surface area contributed by atoms with Crippen LogP contribution in [0.1, 0.15) is 25.3 Å². The summed E-state index contributed by atoms with van der Waals surface area (Å²) in [5.41, 5.74) is 1.17. The Kier molecular flexibility index (Phi) is 4.76. The van der Waals surface area contributed by atoms with Gasteiger partial charge in [-0.15, -0.1) is 0 Å². The number of carbonyl (C=O) groups is 1. The average molecular weight is 247 g/mol. The normalized spacial score (nSPS) is 16.3. The fourth-order valence-corrected chi connectivity index (χ4v) is 1.96. The van der Waals surface area contributed by atoms with Crippen molar-refractivity contribution < 1.29 is 9.53 Å². The van der Waals surface area contributed by atoms with E-state index in [1.54, 1.807) is 0 Å². The number of carbonyl (C=O) groups excluding carboxylic acids is 1. The average Bonchev–Trinajstić information content (AvgIpc) is 3.20. The van der Waals surface area contributed by atoms with E-state index in [1.807, 2.05) is 37.3 Å². The minimum Gasteiger partial charge on any atom is -0.465 e. The van der Waals surface area contributed by atoms with Crippen molar-refractivity contribution in [2.24, 2.45) is 5.92 Å². The maximum Gasteiger partial charge on any atom is 0.323 e. The van der Waals surface area contributed by atoms with Gasteiger partial charge < -0.3 is 10.1 Å². The lowest BCUT2D eigenvalue weighted by atomic mass is 10.1. The van der Waals surface area contributed by atoms with E-state index >= 15 is 0 Å². The topological polar surface area (TPSA) is 38.3 Å². The van der Waals surface area contributed by atoms with Gasteiger partial charge in [0.05, 0.1) is 6.61 Å². The highest BCUT2D eigenvalue weighted by Crippen LogP contribution is 2.27. The monoisotopic (exact) mass is 247 g/mol. The maximum absolute atomic E-state index is 11.9. The van der Waals surface area contributed by atoms with Crippen LogP contribution in [0.15, 0.2) is 30.3 Å². The Balaban J connectivity index is 1.91. The molecule has 0 heterocycles. The molecule has 1 saturated carbocycles. The van der Waals surface area contributed by atoms with E-state index in [-0.39, 0.29) is 12.0 Å². The predicted octanol–water partition coefficient (Wildman–Crippen LogP) is 2.16. The quantitative estimate of drug-likeness (QED) is 0.750. The second kappa shape index (κ2) is 6.55. The van der Waals surface area contributed by atoms with Crippen LogP contribution in [0.4, 0.5) is 0 Å². The summed E-state index contributed by atoms with van der Waals surface area (Å²) in [7, 11) is 0. The fourth-order valence-electron chi connectivity index (χ4n) is 1.96. The smallest absolute Gasteiger partial charge is 0.323 e. The van der Waals surface area contributed by atoms with Crippen LogP contribution in [0.3, 0.4) is 0 Å². The molecule has 0 aromatic heterocycles. The molecule has 18 heavy (non-hydrogen) atoms. The summed E-state index contributed by atoms with van der Waals surface area (Å²) in [5, 5.41) is 3.34. The summed E-state index contributed by atoms with van der Waals surface area (Å²) in [6.45, 7) is 3.21. The molecule has 0 saturated heterocycles. The lowest BCUT2D eigenvalue weighted by Crippen LogP contribution is -2.40. The van der Waals surface area contributed by atoms with E-state index in [4.69, 9.17) is 4.74 Å². The van der Waals surface area contributed by atoms with Crippen LogP contribution in [-0.4, -0.2) is 25.2 Å². The number of rotatable bonds is 7. The molecule has 0 radical (unpaired) electrons. The van der Waals surface area contributed by atoms with Gasteiger partial charge in [0.1, 0.15) is 6.04 Å². The van der Waals surface area contributed by atoms with Crippen molar-refractivity contribution >= 4 is 5.97 Å². The van der Waals surface area contributed by atoms with Crippen molar-refractivity contribution in [2.45, 2.75) is 32.2 Å². The third-order valence-electron chi connectivity index (χ3n) is 3.20. The van der Waals surface area contributed by atoms with E-state index in [0.29, 0.717) is 13.0 Å². The first-order valence-corrected chi connectivity index (χ1v) is 6.73. The van der Waals surface area contributed by atoms with Gasteiger partial charge in [-0.25, -0.2) is 0 Å². The van der Waals surface area contributed by atoms with Crippen LogP contribution in [-0.2, 0) is 16.0 Å². The predicted molar refractivity (Wildman–Crippen MR) is 71.3 cm³/mol. The van der Waals surface area contributed by atoms with Gasteiger partial charge in [0, 0.05) is 0 Å². The summed E-state index contributed by atoms with van der Waals surface area (Å²) in [4.78, 5) is 11.9. The molecule has 98 valence electrons. The highest BCUT2D eigenvalue weighted by atomic mass is 16.5. The van der Waals surface area contributed by atoms with Gasteiger partial charge in [0.15, 0.2) is 0 Å². The number of ether oxygens (including phenoxy) is 1. The van der Waals surface area contributed by atoms with Crippen molar-refractivity contribution in [1.82, 2.24) is 5.32 Å². The number of benzene rings is 1. The Morgan fingerprint density at radius 1 is 1.39 bits per heavy atom. The second-order valence-electron chi connectivity index (χ2n) is 4.85. The molecule has 1 atom stereocenters. The first-order chi connectivity index (χ1) is 8.79. The molecule has 3 heteroatoms. The number of hydrogen-bond donors (Lipinski definition) is 1. The van der Waals surface area contributed by atoms with E-state index in [9.17, 15) is 4.79 Å². The zero-order chi connectivity index (χ0) is 12.8. The molecule has 1 aliphatic carbocycles. The van der Waals surface area contributed by atoms with E-state index in [2.05, 4.69) is 5.32 Å². The first-order valence-electron chi connectivity index (χ1n) is 6.73. The van der Waals surface area contributed by atoms with Gasteiger partial charge in [0.2, 0.25) is 0 Å². The molecule has 1 N–H and O–H groups in total. The maximum atomic E-state index is 11.9. The zero-order valence-electron chi connectivity index (χ0n) is 10.9. The van der Waals surface area contributed by atoms with Crippen LogP contribution < -0.4 is 5.32 Å². The molecule has 0 spiro atoms. The molecule has 0 aliphatic heterocycles. The molecule has 0 amide bonds. The summed E-state index contributed by atoms with van der Waals surface area (Å²) in [6, 6.07) is 9.86. The SMILES string of the molecule is CCOC(=O)C(Cc1ccccc1)NCC1CC1. The van der Waals surface area contributed by atoms with Gasteiger partial charge in [0.25, 0.3) is 0 Å². The Bertz CT molecular complexity index is 373. The van der Waals surface area contributed by atoms with Crippen molar-refractivity contribution in [3.05, 3.63) is 35.9 Å². The van der Waals surface area contributed by atoms with Crippen molar-refractivity contribution in [2.75, 3.05) is 13.2 Å². The Morgan fingerprint density at radius 2 is 2.11 bits per heavy atom. The fraction of sp³-hybridized carbons (Fsp3) is 0.533. The molecule has 1 aromatic carbocycles. The largest absolute Gasteiger partial charge is 0.465 e. The Labute approximate surface area is 109 Å². The molecular formula is C15H21NO2. The third-order valence-corrected chi connectivity index (χ3v) is 3.20. The van der Waals surface area contributed by atoms with Crippen molar-refractivity contribution in [3.63, 3.8) is 0 Å². The third kappa shape index (κ3) is 4.15. The summed E-state index contributed by atoms with van der Waals surface area (Å²) in [5.74, 6) is 0.625.